The smallest absolute Gasteiger partial charge is 0.240 e. The molecular weight excluding hydrogens is 178 g/mol. The van der Waals surface area contributed by atoms with Gasteiger partial charge in [0.2, 0.25) is 5.95 Å². The molecule has 0 aromatic carbocycles. The normalized spacial score (nSPS) is 20.3. The lowest BCUT2D eigenvalue weighted by atomic mass is 9.97. The van der Waals surface area contributed by atoms with Gasteiger partial charge in [-0.05, 0) is 23.3 Å². The third-order valence-electron chi connectivity index (χ3n) is 2.94. The minimum atomic E-state index is 0.422. The maximum Gasteiger partial charge on any atom is 0.240 e. The van der Waals surface area contributed by atoms with Crippen molar-refractivity contribution in [3.63, 3.8) is 0 Å². The Hall–Kier alpha value is -1.13. The topological polar surface area (TPSA) is 69.6 Å². The van der Waals surface area contributed by atoms with E-state index in [0.717, 1.165) is 12.8 Å². The van der Waals surface area contributed by atoms with Crippen molar-refractivity contribution in [2.45, 2.75) is 51.0 Å². The van der Waals surface area contributed by atoms with Crippen LogP contribution in [-0.4, -0.2) is 20.2 Å². The number of nitrogens with zero attached hydrogens (tertiary/aromatic N) is 4. The summed E-state index contributed by atoms with van der Waals surface area (Å²) in [5.74, 6) is 0.454. The predicted molar refractivity (Wildman–Crippen MR) is 53.6 cm³/mol. The van der Waals surface area contributed by atoms with Crippen LogP contribution in [0.15, 0.2) is 0 Å². The average Bonchev–Trinajstić information content (AvgIpc) is 2.51. The van der Waals surface area contributed by atoms with E-state index >= 15 is 0 Å². The van der Waals surface area contributed by atoms with Gasteiger partial charge in [0, 0.05) is 0 Å². The number of nitrogen functional groups attached to an aromatic ring is 1. The highest BCUT2D eigenvalue weighted by atomic mass is 15.6. The van der Waals surface area contributed by atoms with Crippen LogP contribution in [0.25, 0.3) is 0 Å². The van der Waals surface area contributed by atoms with Gasteiger partial charge in [0.25, 0.3) is 0 Å². The molecule has 78 valence electrons. The first-order valence-electron chi connectivity index (χ1n) is 5.41. The summed E-state index contributed by atoms with van der Waals surface area (Å²) in [6.45, 7) is 0. The Labute approximate surface area is 83.7 Å². The molecule has 0 unspecified atom stereocenters. The molecule has 0 spiro atoms. The van der Waals surface area contributed by atoms with Crippen molar-refractivity contribution >= 4 is 5.95 Å². The molecule has 1 aliphatic rings. The van der Waals surface area contributed by atoms with Crippen molar-refractivity contribution in [2.24, 2.45) is 0 Å². The maximum absolute atomic E-state index is 5.69. The molecule has 1 aromatic heterocycles. The van der Waals surface area contributed by atoms with Gasteiger partial charge in [-0.3, -0.25) is 0 Å². The van der Waals surface area contributed by atoms with Crippen LogP contribution < -0.4 is 5.73 Å². The standard InChI is InChI=1S/C9H17N5/c10-9-11-12-13-14(9)8-6-4-2-1-3-5-7-8/h8H,1-7H2,(H2,10,11,13). The highest BCUT2D eigenvalue weighted by molar-refractivity contribution is 5.11. The fourth-order valence-electron chi connectivity index (χ4n) is 2.14. The van der Waals surface area contributed by atoms with Crippen LogP contribution in [0.1, 0.15) is 51.0 Å². The summed E-state index contributed by atoms with van der Waals surface area (Å²) in [4.78, 5) is 0. The first kappa shape index (κ1) is 9.43. The highest BCUT2D eigenvalue weighted by Crippen LogP contribution is 2.26. The van der Waals surface area contributed by atoms with Gasteiger partial charge in [-0.1, -0.05) is 37.2 Å². The summed E-state index contributed by atoms with van der Waals surface area (Å²) in [6, 6.07) is 0.422. The summed E-state index contributed by atoms with van der Waals surface area (Å²) < 4.78 is 1.78. The van der Waals surface area contributed by atoms with Crippen molar-refractivity contribution in [1.29, 1.82) is 0 Å². The fraction of sp³-hybridized carbons (Fsp3) is 0.889. The number of tetrazole rings is 1. The molecule has 1 heterocycles. The summed E-state index contributed by atoms with van der Waals surface area (Å²) >= 11 is 0. The van der Waals surface area contributed by atoms with Crippen molar-refractivity contribution in [3.8, 4) is 0 Å². The van der Waals surface area contributed by atoms with Crippen LogP contribution in [0.3, 0.4) is 0 Å². The molecule has 14 heavy (non-hydrogen) atoms. The zero-order valence-electron chi connectivity index (χ0n) is 8.39. The largest absolute Gasteiger partial charge is 0.367 e. The first-order chi connectivity index (χ1) is 6.88. The number of hydrogen-bond donors (Lipinski definition) is 1. The second-order valence-corrected chi connectivity index (χ2v) is 3.98. The quantitative estimate of drug-likeness (QED) is 0.738. The highest BCUT2D eigenvalue weighted by Gasteiger charge is 2.16. The Morgan fingerprint density at radius 3 is 2.29 bits per heavy atom. The number of anilines is 1. The van der Waals surface area contributed by atoms with E-state index in [2.05, 4.69) is 15.5 Å². The third-order valence-corrected chi connectivity index (χ3v) is 2.94. The lowest BCUT2D eigenvalue weighted by Gasteiger charge is -2.19. The lowest BCUT2D eigenvalue weighted by Crippen LogP contribution is -2.15. The van der Waals surface area contributed by atoms with Crippen LogP contribution in [-0.2, 0) is 0 Å². The molecule has 5 heteroatoms. The van der Waals surface area contributed by atoms with Gasteiger partial charge in [0.15, 0.2) is 0 Å². The molecule has 0 aliphatic heterocycles. The van der Waals surface area contributed by atoms with Gasteiger partial charge in [-0.15, -0.1) is 0 Å². The molecule has 1 aliphatic carbocycles. The van der Waals surface area contributed by atoms with Gasteiger partial charge in [-0.2, -0.15) is 0 Å². The Balaban J connectivity index is 2.04. The molecule has 0 radical (unpaired) electrons. The predicted octanol–water partition coefficient (Wildman–Crippen LogP) is 1.54. The van der Waals surface area contributed by atoms with E-state index in [1.807, 2.05) is 0 Å². The Morgan fingerprint density at radius 1 is 1.07 bits per heavy atom. The molecule has 1 fully saturated rings. The average molecular weight is 195 g/mol. The number of hydrogen-bond acceptors (Lipinski definition) is 4. The van der Waals surface area contributed by atoms with Gasteiger partial charge in [0.05, 0.1) is 6.04 Å². The SMILES string of the molecule is Nc1nnnn1C1CCCCCCC1. The van der Waals surface area contributed by atoms with Crippen LogP contribution in [0, 0.1) is 0 Å². The van der Waals surface area contributed by atoms with Crippen molar-refractivity contribution in [3.05, 3.63) is 0 Å². The Bertz CT molecular complexity index is 274. The van der Waals surface area contributed by atoms with Crippen LogP contribution >= 0.6 is 0 Å². The molecule has 0 amide bonds. The molecule has 1 saturated carbocycles. The zero-order valence-corrected chi connectivity index (χ0v) is 8.39. The fourth-order valence-corrected chi connectivity index (χ4v) is 2.14. The second-order valence-electron chi connectivity index (χ2n) is 3.98. The van der Waals surface area contributed by atoms with Gasteiger partial charge in [0.1, 0.15) is 0 Å². The second kappa shape index (κ2) is 4.39. The molecule has 0 atom stereocenters. The van der Waals surface area contributed by atoms with Crippen molar-refractivity contribution in [1.82, 2.24) is 20.2 Å². The van der Waals surface area contributed by atoms with Crippen molar-refractivity contribution < 1.29 is 0 Å². The van der Waals surface area contributed by atoms with Gasteiger partial charge >= 0.3 is 0 Å². The van der Waals surface area contributed by atoms with Crippen molar-refractivity contribution in [2.75, 3.05) is 5.73 Å². The van der Waals surface area contributed by atoms with E-state index in [9.17, 15) is 0 Å². The lowest BCUT2D eigenvalue weighted by molar-refractivity contribution is 0.346. The third kappa shape index (κ3) is 2.02. The molecule has 2 N–H and O–H groups in total. The van der Waals surface area contributed by atoms with Gasteiger partial charge < -0.3 is 5.73 Å². The summed E-state index contributed by atoms with van der Waals surface area (Å²) in [5, 5.41) is 11.3. The maximum atomic E-state index is 5.69. The molecule has 1 aromatic rings. The van der Waals surface area contributed by atoms with E-state index in [-0.39, 0.29) is 0 Å². The minimum Gasteiger partial charge on any atom is -0.367 e. The molecule has 5 nitrogen and oxygen atoms in total. The monoisotopic (exact) mass is 195 g/mol. The van der Waals surface area contributed by atoms with E-state index in [1.54, 1.807) is 4.68 Å². The first-order valence-corrected chi connectivity index (χ1v) is 5.41. The molecular formula is C9H17N5. The number of rotatable bonds is 1. The van der Waals surface area contributed by atoms with Crippen LogP contribution in [0.2, 0.25) is 0 Å². The number of nitrogens with two attached hydrogens (primary N) is 1. The number of aromatic nitrogens is 4. The van der Waals surface area contributed by atoms with E-state index < -0.39 is 0 Å². The summed E-state index contributed by atoms with van der Waals surface area (Å²) in [5.41, 5.74) is 5.69. The molecule has 2 rings (SSSR count). The molecule has 0 bridgehead atoms. The minimum absolute atomic E-state index is 0.422. The Kier molecular flexibility index (Phi) is 2.96. The van der Waals surface area contributed by atoms with Crippen LogP contribution in [0.4, 0.5) is 5.95 Å². The van der Waals surface area contributed by atoms with Gasteiger partial charge in [-0.25, -0.2) is 4.68 Å². The van der Waals surface area contributed by atoms with Crippen LogP contribution in [0.5, 0.6) is 0 Å². The van der Waals surface area contributed by atoms with E-state index in [4.69, 9.17) is 5.73 Å². The Morgan fingerprint density at radius 2 is 1.71 bits per heavy atom. The molecule has 0 saturated heterocycles. The van der Waals surface area contributed by atoms with E-state index in [0.29, 0.717) is 12.0 Å². The summed E-state index contributed by atoms with van der Waals surface area (Å²) in [7, 11) is 0. The van der Waals surface area contributed by atoms with E-state index in [1.165, 1.54) is 32.1 Å². The zero-order chi connectivity index (χ0) is 9.80. The summed E-state index contributed by atoms with van der Waals surface area (Å²) in [6.07, 6.45) is 8.90.